The van der Waals surface area contributed by atoms with Crippen LogP contribution in [0.5, 0.6) is 11.5 Å². The van der Waals surface area contributed by atoms with Gasteiger partial charge in [-0.25, -0.2) is 0 Å². The van der Waals surface area contributed by atoms with Crippen molar-refractivity contribution >= 4 is 23.0 Å². The number of amides is 1. The Morgan fingerprint density at radius 1 is 0.821 bits per heavy atom. The fourth-order valence-corrected chi connectivity index (χ4v) is 2.43. The molecule has 3 aromatic carbocycles. The van der Waals surface area contributed by atoms with Gasteiger partial charge in [-0.1, -0.05) is 24.3 Å². The van der Waals surface area contributed by atoms with Gasteiger partial charge in [0.05, 0.1) is 15.9 Å². The Labute approximate surface area is 158 Å². The monoisotopic (exact) mass is 379 g/mol. The highest BCUT2D eigenvalue weighted by Crippen LogP contribution is 2.27. The predicted octanol–water partition coefficient (Wildman–Crippen LogP) is 4.55. The second-order valence-corrected chi connectivity index (χ2v) is 5.61. The van der Waals surface area contributed by atoms with E-state index in [0.717, 1.165) is 0 Å². The number of nitrogens with one attached hydrogen (secondary N) is 1. The summed E-state index contributed by atoms with van der Waals surface area (Å²) in [5, 5.41) is 24.4. The molecule has 0 saturated heterocycles. The average Bonchev–Trinajstić information content (AvgIpc) is 2.68. The highest BCUT2D eigenvalue weighted by atomic mass is 16.6. The summed E-state index contributed by atoms with van der Waals surface area (Å²) >= 11 is 0. The van der Waals surface area contributed by atoms with Crippen molar-refractivity contribution in [3.63, 3.8) is 0 Å². The minimum atomic E-state index is -0.586. The molecule has 28 heavy (non-hydrogen) atoms. The average molecular weight is 379 g/mol. The molecule has 0 atom stereocenters. The SMILES string of the molecule is O=C(Nc1ccccc1[N+](=O)[O-])c1cccc(Oc2cccc([N+](=O)[O-])c2)c1. The molecule has 0 aromatic heterocycles. The van der Waals surface area contributed by atoms with Crippen molar-refractivity contribution in [2.24, 2.45) is 0 Å². The van der Waals surface area contributed by atoms with Crippen molar-refractivity contribution in [3.8, 4) is 11.5 Å². The summed E-state index contributed by atoms with van der Waals surface area (Å²) in [6.07, 6.45) is 0. The summed E-state index contributed by atoms with van der Waals surface area (Å²) in [5.41, 5.74) is -0.0637. The number of rotatable bonds is 6. The third kappa shape index (κ3) is 4.28. The third-order valence-electron chi connectivity index (χ3n) is 3.71. The molecule has 0 unspecified atom stereocenters. The minimum absolute atomic E-state index is 0.0718. The first kappa shape index (κ1) is 18.5. The first-order valence-corrected chi connectivity index (χ1v) is 8.01. The van der Waals surface area contributed by atoms with Crippen molar-refractivity contribution in [1.82, 2.24) is 0 Å². The Hall–Kier alpha value is -4.27. The Bertz CT molecular complexity index is 1070. The molecule has 0 radical (unpaired) electrons. The fourth-order valence-electron chi connectivity index (χ4n) is 2.43. The molecule has 0 aliphatic carbocycles. The Morgan fingerprint density at radius 3 is 2.21 bits per heavy atom. The van der Waals surface area contributed by atoms with Gasteiger partial charge in [0.1, 0.15) is 17.2 Å². The molecule has 3 aromatic rings. The molecule has 0 fully saturated rings. The maximum absolute atomic E-state index is 12.5. The lowest BCUT2D eigenvalue weighted by molar-refractivity contribution is -0.384. The zero-order valence-corrected chi connectivity index (χ0v) is 14.3. The predicted molar refractivity (Wildman–Crippen MR) is 101 cm³/mol. The minimum Gasteiger partial charge on any atom is -0.457 e. The Morgan fingerprint density at radius 2 is 1.50 bits per heavy atom. The fraction of sp³-hybridized carbons (Fsp3) is 0. The number of ether oxygens (including phenoxy) is 1. The van der Waals surface area contributed by atoms with Crippen LogP contribution in [0.15, 0.2) is 72.8 Å². The van der Waals surface area contributed by atoms with Crippen molar-refractivity contribution < 1.29 is 19.4 Å². The van der Waals surface area contributed by atoms with Gasteiger partial charge in [0.25, 0.3) is 17.3 Å². The summed E-state index contributed by atoms with van der Waals surface area (Å²) < 4.78 is 5.58. The molecule has 0 aliphatic heterocycles. The maximum atomic E-state index is 12.5. The van der Waals surface area contributed by atoms with Crippen molar-refractivity contribution in [2.45, 2.75) is 0 Å². The number of benzene rings is 3. The molecule has 0 bridgehead atoms. The van der Waals surface area contributed by atoms with Gasteiger partial charge in [-0.05, 0) is 30.3 Å². The van der Waals surface area contributed by atoms with Crippen molar-refractivity contribution in [2.75, 3.05) is 5.32 Å². The van der Waals surface area contributed by atoms with Crippen LogP contribution in [-0.4, -0.2) is 15.8 Å². The summed E-state index contributed by atoms with van der Waals surface area (Å²) in [6, 6.07) is 17.5. The van der Waals surface area contributed by atoms with Crippen LogP contribution in [0.4, 0.5) is 17.1 Å². The van der Waals surface area contributed by atoms with E-state index in [9.17, 15) is 25.0 Å². The quantitative estimate of drug-likeness (QED) is 0.495. The molecule has 3 rings (SSSR count). The number of carbonyl (C=O) groups is 1. The van der Waals surface area contributed by atoms with E-state index in [1.54, 1.807) is 24.3 Å². The van der Waals surface area contributed by atoms with Gasteiger partial charge in [-0.15, -0.1) is 0 Å². The molecular weight excluding hydrogens is 366 g/mol. The maximum Gasteiger partial charge on any atom is 0.292 e. The van der Waals surface area contributed by atoms with Crippen molar-refractivity contribution in [3.05, 3.63) is 98.6 Å². The summed E-state index contributed by atoms with van der Waals surface area (Å²) in [6.45, 7) is 0. The number of non-ortho nitro benzene ring substituents is 1. The number of nitro benzene ring substituents is 2. The molecule has 0 aliphatic rings. The van der Waals surface area contributed by atoms with E-state index in [-0.39, 0.29) is 34.1 Å². The Balaban J connectivity index is 1.80. The van der Waals surface area contributed by atoms with E-state index in [4.69, 9.17) is 4.74 Å². The summed E-state index contributed by atoms with van der Waals surface area (Å²) in [5.74, 6) is -0.0278. The summed E-state index contributed by atoms with van der Waals surface area (Å²) in [7, 11) is 0. The molecule has 1 N–H and O–H groups in total. The van der Waals surface area contributed by atoms with E-state index in [1.165, 1.54) is 48.5 Å². The van der Waals surface area contributed by atoms with Crippen LogP contribution in [0.2, 0.25) is 0 Å². The molecule has 140 valence electrons. The lowest BCUT2D eigenvalue weighted by Crippen LogP contribution is -2.13. The smallest absolute Gasteiger partial charge is 0.292 e. The number of carbonyl (C=O) groups excluding carboxylic acids is 1. The third-order valence-corrected chi connectivity index (χ3v) is 3.71. The number of nitro groups is 2. The van der Waals surface area contributed by atoms with E-state index in [2.05, 4.69) is 5.32 Å². The van der Waals surface area contributed by atoms with Gasteiger partial charge in [0, 0.05) is 17.7 Å². The zero-order valence-electron chi connectivity index (χ0n) is 14.3. The molecule has 0 spiro atoms. The number of nitrogens with zero attached hydrogens (tertiary/aromatic N) is 2. The van der Waals surface area contributed by atoms with E-state index in [0.29, 0.717) is 0 Å². The first-order valence-electron chi connectivity index (χ1n) is 8.01. The highest BCUT2D eigenvalue weighted by molar-refractivity contribution is 6.05. The highest BCUT2D eigenvalue weighted by Gasteiger charge is 2.16. The normalized spacial score (nSPS) is 10.1. The van der Waals surface area contributed by atoms with Crippen LogP contribution in [0.3, 0.4) is 0 Å². The van der Waals surface area contributed by atoms with Gasteiger partial charge < -0.3 is 10.1 Å². The largest absolute Gasteiger partial charge is 0.457 e. The molecule has 9 nitrogen and oxygen atoms in total. The van der Waals surface area contributed by atoms with Crippen LogP contribution >= 0.6 is 0 Å². The van der Waals surface area contributed by atoms with Crippen LogP contribution < -0.4 is 10.1 Å². The van der Waals surface area contributed by atoms with Gasteiger partial charge in [-0.3, -0.25) is 25.0 Å². The molecule has 0 heterocycles. The lowest BCUT2D eigenvalue weighted by Gasteiger charge is -2.09. The second kappa shape index (κ2) is 7.96. The molecule has 0 saturated carbocycles. The van der Waals surface area contributed by atoms with E-state index < -0.39 is 15.8 Å². The summed E-state index contributed by atoms with van der Waals surface area (Å²) in [4.78, 5) is 33.2. The number of hydrogen-bond donors (Lipinski definition) is 1. The zero-order chi connectivity index (χ0) is 20.1. The van der Waals surface area contributed by atoms with Crippen LogP contribution in [0, 0.1) is 20.2 Å². The lowest BCUT2D eigenvalue weighted by atomic mass is 10.2. The molecular formula is C19H13N3O6. The van der Waals surface area contributed by atoms with Crippen LogP contribution in [0.25, 0.3) is 0 Å². The molecule has 1 amide bonds. The first-order chi connectivity index (χ1) is 13.4. The number of anilines is 1. The number of para-hydroxylation sites is 2. The van der Waals surface area contributed by atoms with Gasteiger partial charge in [0.2, 0.25) is 0 Å². The Kier molecular flexibility index (Phi) is 5.26. The van der Waals surface area contributed by atoms with Crippen LogP contribution in [-0.2, 0) is 0 Å². The second-order valence-electron chi connectivity index (χ2n) is 5.61. The number of hydrogen-bond acceptors (Lipinski definition) is 6. The molecule has 9 heteroatoms. The van der Waals surface area contributed by atoms with Gasteiger partial charge >= 0.3 is 0 Å². The van der Waals surface area contributed by atoms with Gasteiger partial charge in [-0.2, -0.15) is 0 Å². The van der Waals surface area contributed by atoms with E-state index in [1.807, 2.05) is 0 Å². The standard InChI is InChI=1S/C19H13N3O6/c23-19(20-17-9-1-2-10-18(17)22(26)27)13-5-3-7-15(11-13)28-16-8-4-6-14(12-16)21(24)25/h1-12H,(H,20,23). The van der Waals surface area contributed by atoms with Gasteiger partial charge in [0.15, 0.2) is 0 Å². The van der Waals surface area contributed by atoms with E-state index >= 15 is 0 Å². The topological polar surface area (TPSA) is 125 Å². The van der Waals surface area contributed by atoms with Crippen molar-refractivity contribution in [1.29, 1.82) is 0 Å². The van der Waals surface area contributed by atoms with Crippen LogP contribution in [0.1, 0.15) is 10.4 Å².